The lowest BCUT2D eigenvalue weighted by Crippen LogP contribution is -2.51. The van der Waals surface area contributed by atoms with E-state index in [2.05, 4.69) is 31.2 Å². The number of aromatic nitrogens is 2. The SMILES string of the molecule is Cc1nc(NC2CC(NC(=O)Nc3ccc(F)cc3)C2)nc2c1NC(=O)[C@H](C)N2C. The van der Waals surface area contributed by atoms with E-state index in [1.54, 1.807) is 0 Å². The second-order valence-electron chi connectivity index (χ2n) is 7.72. The number of nitrogens with one attached hydrogen (secondary N) is 4. The van der Waals surface area contributed by atoms with E-state index in [1.807, 2.05) is 25.8 Å². The van der Waals surface area contributed by atoms with E-state index in [4.69, 9.17) is 0 Å². The second kappa shape index (κ2) is 7.77. The summed E-state index contributed by atoms with van der Waals surface area (Å²) >= 11 is 0. The standard InChI is InChI=1S/C20H24FN7O2/c1-10-16-17(28(3)11(2)18(29)26-16)27-19(22-10)23-14-8-15(9-14)25-20(30)24-13-6-4-12(21)5-7-13/h4-7,11,14-15H,8-9H2,1-3H3,(H,26,29)(H,22,23,27)(H2,24,25,30)/t11-,14?,15?/m0/s1. The van der Waals surface area contributed by atoms with Gasteiger partial charge in [-0.25, -0.2) is 14.2 Å². The van der Waals surface area contributed by atoms with E-state index in [9.17, 15) is 14.0 Å². The molecule has 1 aliphatic heterocycles. The van der Waals surface area contributed by atoms with Crippen molar-refractivity contribution in [1.82, 2.24) is 15.3 Å². The molecular weight excluding hydrogens is 389 g/mol. The number of hydrogen-bond acceptors (Lipinski definition) is 6. The molecule has 1 aromatic heterocycles. The predicted octanol–water partition coefficient (Wildman–Crippen LogP) is 2.47. The summed E-state index contributed by atoms with van der Waals surface area (Å²) in [6.45, 7) is 3.66. The molecule has 1 aliphatic carbocycles. The fourth-order valence-corrected chi connectivity index (χ4v) is 3.53. The number of fused-ring (bicyclic) bond motifs is 1. The molecule has 2 aliphatic rings. The lowest BCUT2D eigenvalue weighted by atomic mass is 9.87. The van der Waals surface area contributed by atoms with Gasteiger partial charge in [0.2, 0.25) is 11.9 Å². The summed E-state index contributed by atoms with van der Waals surface area (Å²) in [6, 6.07) is 5.15. The highest BCUT2D eigenvalue weighted by atomic mass is 19.1. The average molecular weight is 413 g/mol. The number of amides is 3. The maximum Gasteiger partial charge on any atom is 0.319 e. The van der Waals surface area contributed by atoms with Crippen molar-refractivity contribution in [3.05, 3.63) is 35.8 Å². The van der Waals surface area contributed by atoms with Crippen LogP contribution >= 0.6 is 0 Å². The van der Waals surface area contributed by atoms with E-state index >= 15 is 0 Å². The quantitative estimate of drug-likeness (QED) is 0.613. The number of nitrogens with zero attached hydrogens (tertiary/aromatic N) is 3. The van der Waals surface area contributed by atoms with Crippen molar-refractivity contribution in [2.75, 3.05) is 27.9 Å². The van der Waals surface area contributed by atoms with E-state index < -0.39 is 0 Å². The molecular formula is C20H24FN7O2. The summed E-state index contributed by atoms with van der Waals surface area (Å²) in [5, 5.41) is 11.7. The fourth-order valence-electron chi connectivity index (χ4n) is 3.53. The molecule has 4 rings (SSSR count). The maximum absolute atomic E-state index is 12.9. The molecule has 1 aromatic carbocycles. The van der Waals surface area contributed by atoms with Crippen LogP contribution in [0.4, 0.5) is 32.3 Å². The van der Waals surface area contributed by atoms with Gasteiger partial charge in [0.05, 0.1) is 5.69 Å². The van der Waals surface area contributed by atoms with Gasteiger partial charge in [0, 0.05) is 24.8 Å². The van der Waals surface area contributed by atoms with Gasteiger partial charge in [0.25, 0.3) is 0 Å². The van der Waals surface area contributed by atoms with Crippen molar-refractivity contribution < 1.29 is 14.0 Å². The van der Waals surface area contributed by atoms with Crippen molar-refractivity contribution >= 4 is 35.1 Å². The number of carbonyl (C=O) groups excluding carboxylic acids is 2. The van der Waals surface area contributed by atoms with Crippen molar-refractivity contribution in [3.63, 3.8) is 0 Å². The molecule has 3 amide bonds. The third-order valence-corrected chi connectivity index (χ3v) is 5.52. The highest BCUT2D eigenvalue weighted by Crippen LogP contribution is 2.33. The molecule has 158 valence electrons. The van der Waals surface area contributed by atoms with E-state index in [1.165, 1.54) is 24.3 Å². The predicted molar refractivity (Wildman–Crippen MR) is 112 cm³/mol. The molecule has 0 radical (unpaired) electrons. The summed E-state index contributed by atoms with van der Waals surface area (Å²) in [5.41, 5.74) is 1.87. The minimum absolute atomic E-state index is 0.0312. The first-order chi connectivity index (χ1) is 14.3. The van der Waals surface area contributed by atoms with E-state index in [-0.39, 0.29) is 35.9 Å². The number of likely N-dealkylation sites (N-methyl/N-ethyl adjacent to an activating group) is 1. The Labute approximate surface area is 173 Å². The first-order valence-electron chi connectivity index (χ1n) is 9.82. The van der Waals surface area contributed by atoms with Crippen LogP contribution in [-0.2, 0) is 4.79 Å². The van der Waals surface area contributed by atoms with Crippen LogP contribution in [0.3, 0.4) is 0 Å². The first-order valence-corrected chi connectivity index (χ1v) is 9.82. The topological polar surface area (TPSA) is 111 Å². The van der Waals surface area contributed by atoms with E-state index in [0.29, 0.717) is 28.8 Å². The Balaban J connectivity index is 1.31. The largest absolute Gasteiger partial charge is 0.351 e. The molecule has 0 bridgehead atoms. The zero-order valence-electron chi connectivity index (χ0n) is 17.0. The van der Waals surface area contributed by atoms with Crippen molar-refractivity contribution in [2.45, 2.75) is 44.8 Å². The van der Waals surface area contributed by atoms with Crippen molar-refractivity contribution in [1.29, 1.82) is 0 Å². The summed E-state index contributed by atoms with van der Waals surface area (Å²) < 4.78 is 12.9. The minimum atomic E-state index is -0.350. The number of rotatable bonds is 4. The van der Waals surface area contributed by atoms with Crippen LogP contribution in [-0.4, -0.2) is 47.1 Å². The number of urea groups is 1. The first kappa shape index (κ1) is 19.9. The lowest BCUT2D eigenvalue weighted by molar-refractivity contribution is -0.117. The van der Waals surface area contributed by atoms with Gasteiger partial charge in [-0.05, 0) is 51.0 Å². The van der Waals surface area contributed by atoms with Crippen LogP contribution in [0.1, 0.15) is 25.5 Å². The second-order valence-corrected chi connectivity index (χ2v) is 7.72. The molecule has 10 heteroatoms. The van der Waals surface area contributed by atoms with Gasteiger partial charge in [0.15, 0.2) is 5.82 Å². The Kier molecular flexibility index (Phi) is 5.15. The van der Waals surface area contributed by atoms with Gasteiger partial charge < -0.3 is 26.2 Å². The van der Waals surface area contributed by atoms with Gasteiger partial charge in [-0.1, -0.05) is 0 Å². The lowest BCUT2D eigenvalue weighted by Gasteiger charge is -2.37. The maximum atomic E-state index is 12.9. The van der Waals surface area contributed by atoms with Gasteiger partial charge in [-0.3, -0.25) is 4.79 Å². The van der Waals surface area contributed by atoms with Crippen LogP contribution in [0.5, 0.6) is 0 Å². The Morgan fingerprint density at radius 3 is 2.60 bits per heavy atom. The van der Waals surface area contributed by atoms with Crippen LogP contribution in [0.15, 0.2) is 24.3 Å². The van der Waals surface area contributed by atoms with Gasteiger partial charge in [-0.2, -0.15) is 4.98 Å². The number of halogens is 1. The van der Waals surface area contributed by atoms with Crippen molar-refractivity contribution in [2.24, 2.45) is 0 Å². The molecule has 1 atom stereocenters. The van der Waals surface area contributed by atoms with E-state index in [0.717, 1.165) is 12.8 Å². The average Bonchev–Trinajstić information content (AvgIpc) is 2.67. The molecule has 0 unspecified atom stereocenters. The molecule has 2 aromatic rings. The van der Waals surface area contributed by atoms with Crippen LogP contribution in [0.25, 0.3) is 0 Å². The number of benzene rings is 1. The normalized spacial score (nSPS) is 22.5. The Bertz CT molecular complexity index is 976. The molecule has 1 saturated carbocycles. The summed E-state index contributed by atoms with van der Waals surface area (Å²) in [4.78, 5) is 34.9. The minimum Gasteiger partial charge on any atom is -0.351 e. The van der Waals surface area contributed by atoms with Crippen LogP contribution < -0.4 is 26.2 Å². The molecule has 2 heterocycles. The van der Waals surface area contributed by atoms with Gasteiger partial charge in [-0.15, -0.1) is 0 Å². The Hall–Kier alpha value is -3.43. The fraction of sp³-hybridized carbons (Fsp3) is 0.400. The van der Waals surface area contributed by atoms with Crippen LogP contribution in [0, 0.1) is 12.7 Å². The highest BCUT2D eigenvalue weighted by Gasteiger charge is 2.33. The molecule has 0 saturated heterocycles. The number of hydrogen-bond donors (Lipinski definition) is 4. The van der Waals surface area contributed by atoms with Gasteiger partial charge in [0.1, 0.15) is 17.5 Å². The number of carbonyl (C=O) groups is 2. The zero-order valence-corrected chi connectivity index (χ0v) is 17.0. The Morgan fingerprint density at radius 2 is 1.90 bits per heavy atom. The monoisotopic (exact) mass is 413 g/mol. The van der Waals surface area contributed by atoms with Crippen molar-refractivity contribution in [3.8, 4) is 0 Å². The van der Waals surface area contributed by atoms with Crippen LogP contribution in [0.2, 0.25) is 0 Å². The Morgan fingerprint density at radius 1 is 1.20 bits per heavy atom. The number of aryl methyl sites for hydroxylation is 1. The zero-order chi connectivity index (χ0) is 21.4. The molecule has 0 spiro atoms. The third-order valence-electron chi connectivity index (χ3n) is 5.52. The summed E-state index contributed by atoms with van der Waals surface area (Å²) in [6.07, 6.45) is 1.47. The molecule has 30 heavy (non-hydrogen) atoms. The van der Waals surface area contributed by atoms with Gasteiger partial charge >= 0.3 is 6.03 Å². The summed E-state index contributed by atoms with van der Waals surface area (Å²) in [7, 11) is 1.83. The third kappa shape index (κ3) is 3.98. The highest BCUT2D eigenvalue weighted by molar-refractivity contribution is 6.03. The number of anilines is 4. The molecule has 4 N–H and O–H groups in total. The molecule has 1 fully saturated rings. The molecule has 9 nitrogen and oxygen atoms in total. The smallest absolute Gasteiger partial charge is 0.319 e. The summed E-state index contributed by atoms with van der Waals surface area (Å²) in [5.74, 6) is 0.756.